The maximum absolute atomic E-state index is 12.1. The zero-order chi connectivity index (χ0) is 21.3. The van der Waals surface area contributed by atoms with Gasteiger partial charge in [-0.15, -0.1) is 24.0 Å². The SMILES string of the molecule is CN=C(NCC(C)CN(C)C(=O)OC(C)(C)C)NC1CCN(C(=O)OC)CC1.I. The van der Waals surface area contributed by atoms with Crippen LogP contribution in [0.4, 0.5) is 9.59 Å². The molecule has 1 heterocycles. The van der Waals surface area contributed by atoms with Crippen molar-refractivity contribution in [2.45, 2.75) is 52.2 Å². The van der Waals surface area contributed by atoms with Crippen molar-refractivity contribution in [2.75, 3.05) is 47.4 Å². The summed E-state index contributed by atoms with van der Waals surface area (Å²) in [7, 11) is 4.88. The Balaban J connectivity index is 0.00000784. The van der Waals surface area contributed by atoms with Gasteiger partial charge >= 0.3 is 12.2 Å². The molecule has 1 fully saturated rings. The number of carbonyl (C=O) groups excluding carboxylic acids is 2. The summed E-state index contributed by atoms with van der Waals surface area (Å²) in [6, 6.07) is 0.256. The number of amides is 2. The lowest BCUT2D eigenvalue weighted by Crippen LogP contribution is -2.50. The summed E-state index contributed by atoms with van der Waals surface area (Å²) in [6.45, 7) is 10.2. The third-order valence-electron chi connectivity index (χ3n) is 4.40. The highest BCUT2D eigenvalue weighted by Gasteiger charge is 2.24. The lowest BCUT2D eigenvalue weighted by molar-refractivity contribution is 0.0278. The van der Waals surface area contributed by atoms with E-state index < -0.39 is 5.60 Å². The first-order valence-corrected chi connectivity index (χ1v) is 9.80. The third kappa shape index (κ3) is 10.8. The summed E-state index contributed by atoms with van der Waals surface area (Å²) in [5, 5.41) is 6.71. The van der Waals surface area contributed by atoms with Crippen LogP contribution >= 0.6 is 24.0 Å². The van der Waals surface area contributed by atoms with E-state index in [0.29, 0.717) is 26.2 Å². The molecule has 0 aromatic heterocycles. The van der Waals surface area contributed by atoms with Gasteiger partial charge < -0.3 is 29.9 Å². The minimum atomic E-state index is -0.498. The van der Waals surface area contributed by atoms with Gasteiger partial charge in [-0.25, -0.2) is 9.59 Å². The van der Waals surface area contributed by atoms with Gasteiger partial charge in [0.15, 0.2) is 5.96 Å². The van der Waals surface area contributed by atoms with Gasteiger partial charge in [0.2, 0.25) is 0 Å². The summed E-state index contributed by atoms with van der Waals surface area (Å²) in [4.78, 5) is 31.2. The molecule has 1 saturated heterocycles. The van der Waals surface area contributed by atoms with Crippen molar-refractivity contribution in [2.24, 2.45) is 10.9 Å². The van der Waals surface area contributed by atoms with Crippen molar-refractivity contribution in [3.8, 4) is 0 Å². The first-order valence-electron chi connectivity index (χ1n) is 9.80. The highest BCUT2D eigenvalue weighted by molar-refractivity contribution is 14.0. The second-order valence-corrected chi connectivity index (χ2v) is 8.29. The molecule has 1 atom stereocenters. The van der Waals surface area contributed by atoms with Crippen molar-refractivity contribution >= 4 is 42.1 Å². The molecule has 170 valence electrons. The normalized spacial score (nSPS) is 16.4. The number of methoxy groups -OCH3 is 1. The Labute approximate surface area is 192 Å². The number of nitrogens with zero attached hydrogens (tertiary/aromatic N) is 3. The zero-order valence-corrected chi connectivity index (χ0v) is 21.1. The summed E-state index contributed by atoms with van der Waals surface area (Å²) in [6.07, 6.45) is 1.09. The molecule has 2 N–H and O–H groups in total. The van der Waals surface area contributed by atoms with Gasteiger partial charge in [0.25, 0.3) is 0 Å². The number of nitrogens with one attached hydrogen (secondary N) is 2. The molecule has 9 nitrogen and oxygen atoms in total. The van der Waals surface area contributed by atoms with E-state index >= 15 is 0 Å². The van der Waals surface area contributed by atoms with Crippen LogP contribution in [0, 0.1) is 5.92 Å². The molecular formula is C19H38IN5O4. The molecule has 0 radical (unpaired) electrons. The maximum atomic E-state index is 12.1. The molecule has 0 saturated carbocycles. The van der Waals surface area contributed by atoms with E-state index in [1.807, 2.05) is 20.8 Å². The first-order chi connectivity index (χ1) is 13.1. The monoisotopic (exact) mass is 527 g/mol. The number of halogens is 1. The Morgan fingerprint density at radius 2 is 1.86 bits per heavy atom. The fourth-order valence-electron chi connectivity index (χ4n) is 2.94. The average Bonchev–Trinajstić information content (AvgIpc) is 2.63. The molecule has 2 amide bonds. The molecule has 1 aliphatic rings. The van der Waals surface area contributed by atoms with Crippen LogP contribution in [0.2, 0.25) is 0 Å². The van der Waals surface area contributed by atoms with E-state index in [2.05, 4.69) is 22.5 Å². The first kappa shape index (κ1) is 27.5. The predicted molar refractivity (Wildman–Crippen MR) is 125 cm³/mol. The predicted octanol–water partition coefficient (Wildman–Crippen LogP) is 2.50. The van der Waals surface area contributed by atoms with Gasteiger partial charge in [-0.2, -0.15) is 0 Å². The van der Waals surface area contributed by atoms with Crippen LogP contribution in [0.1, 0.15) is 40.5 Å². The van der Waals surface area contributed by atoms with Crippen LogP contribution in [0.5, 0.6) is 0 Å². The molecule has 0 bridgehead atoms. The Hall–Kier alpha value is -1.46. The molecule has 1 rings (SSSR count). The van der Waals surface area contributed by atoms with Crippen LogP contribution in [0.3, 0.4) is 0 Å². The maximum Gasteiger partial charge on any atom is 0.410 e. The number of hydrogen-bond donors (Lipinski definition) is 2. The number of piperidine rings is 1. The summed E-state index contributed by atoms with van der Waals surface area (Å²) >= 11 is 0. The van der Waals surface area contributed by atoms with E-state index in [9.17, 15) is 9.59 Å². The summed E-state index contributed by atoms with van der Waals surface area (Å²) in [5.74, 6) is 0.945. The van der Waals surface area contributed by atoms with Gasteiger partial charge in [0, 0.05) is 46.3 Å². The molecule has 1 aliphatic heterocycles. The van der Waals surface area contributed by atoms with E-state index in [1.165, 1.54) is 7.11 Å². The molecule has 29 heavy (non-hydrogen) atoms. The Morgan fingerprint density at radius 3 is 2.34 bits per heavy atom. The van der Waals surface area contributed by atoms with E-state index in [4.69, 9.17) is 9.47 Å². The van der Waals surface area contributed by atoms with Crippen LogP contribution in [-0.2, 0) is 9.47 Å². The summed E-state index contributed by atoms with van der Waals surface area (Å²) in [5.41, 5.74) is -0.498. The number of ether oxygens (including phenoxy) is 2. The summed E-state index contributed by atoms with van der Waals surface area (Å²) < 4.78 is 10.1. The van der Waals surface area contributed by atoms with E-state index in [-0.39, 0.29) is 48.1 Å². The fourth-order valence-corrected chi connectivity index (χ4v) is 2.94. The average molecular weight is 527 g/mol. The van der Waals surface area contributed by atoms with Crippen LogP contribution in [0.25, 0.3) is 0 Å². The third-order valence-corrected chi connectivity index (χ3v) is 4.40. The highest BCUT2D eigenvalue weighted by atomic mass is 127. The Bertz CT molecular complexity index is 545. The lowest BCUT2D eigenvalue weighted by Gasteiger charge is -2.32. The van der Waals surface area contributed by atoms with Gasteiger partial charge in [0.05, 0.1) is 7.11 Å². The quantitative estimate of drug-likeness (QED) is 0.324. The number of rotatable bonds is 5. The van der Waals surface area contributed by atoms with Crippen molar-refractivity contribution in [3.05, 3.63) is 0 Å². The van der Waals surface area contributed by atoms with Crippen molar-refractivity contribution in [1.82, 2.24) is 20.4 Å². The highest BCUT2D eigenvalue weighted by Crippen LogP contribution is 2.12. The fraction of sp³-hybridized carbons (Fsp3) is 0.842. The topological polar surface area (TPSA) is 95.5 Å². The second-order valence-electron chi connectivity index (χ2n) is 8.29. The van der Waals surface area contributed by atoms with E-state index in [1.54, 1.807) is 23.9 Å². The van der Waals surface area contributed by atoms with Crippen molar-refractivity contribution in [3.63, 3.8) is 0 Å². The molecule has 0 aromatic rings. The van der Waals surface area contributed by atoms with Gasteiger partial charge in [0.1, 0.15) is 5.60 Å². The number of carbonyl (C=O) groups is 2. The van der Waals surface area contributed by atoms with Crippen LogP contribution < -0.4 is 10.6 Å². The standard InChI is InChI=1S/C19H37N5O4.HI/c1-14(13-23(6)17(25)28-19(2,3)4)12-21-16(20-5)22-15-8-10-24(11-9-15)18(26)27-7;/h14-15H,8-13H2,1-7H3,(H2,20,21,22);1H. The lowest BCUT2D eigenvalue weighted by atomic mass is 10.1. The smallest absolute Gasteiger partial charge is 0.410 e. The molecular weight excluding hydrogens is 489 g/mol. The molecule has 1 unspecified atom stereocenters. The molecule has 0 spiro atoms. The minimum Gasteiger partial charge on any atom is -0.453 e. The van der Waals surface area contributed by atoms with Gasteiger partial charge in [-0.05, 0) is 39.5 Å². The number of likely N-dealkylation sites (tertiary alicyclic amines) is 1. The second kappa shape index (κ2) is 13.0. The number of hydrogen-bond acceptors (Lipinski definition) is 5. The van der Waals surface area contributed by atoms with Gasteiger partial charge in [-0.1, -0.05) is 6.92 Å². The number of guanidine groups is 1. The molecule has 0 aromatic carbocycles. The van der Waals surface area contributed by atoms with Gasteiger partial charge in [-0.3, -0.25) is 4.99 Å². The minimum absolute atomic E-state index is 0. The van der Waals surface area contributed by atoms with E-state index in [0.717, 1.165) is 18.8 Å². The Kier molecular flexibility index (Phi) is 12.3. The number of aliphatic imine (C=N–C) groups is 1. The van der Waals surface area contributed by atoms with Crippen LogP contribution in [0.15, 0.2) is 4.99 Å². The van der Waals surface area contributed by atoms with Crippen molar-refractivity contribution < 1.29 is 19.1 Å². The Morgan fingerprint density at radius 1 is 1.28 bits per heavy atom. The molecule has 10 heteroatoms. The van der Waals surface area contributed by atoms with Crippen molar-refractivity contribution in [1.29, 1.82) is 0 Å². The largest absolute Gasteiger partial charge is 0.453 e. The zero-order valence-electron chi connectivity index (χ0n) is 18.8. The molecule has 0 aliphatic carbocycles. The van der Waals surface area contributed by atoms with Crippen LogP contribution in [-0.4, -0.2) is 87.0 Å².